The molecule has 0 aliphatic heterocycles. The van der Waals surface area contributed by atoms with Crippen molar-refractivity contribution in [2.45, 2.75) is 13.5 Å². The number of aryl methyl sites for hydroxylation is 1. The number of guanidine groups is 1. The SMILES string of the molecule is C/C(=N\N=C(N)N)c1cn(C)c2ccc(NCc3ccccc3)cc12. The molecule has 3 aromatic rings. The molecule has 0 fully saturated rings. The van der Waals surface area contributed by atoms with Crippen LogP contribution in [0.15, 0.2) is 64.9 Å². The Morgan fingerprint density at radius 3 is 2.56 bits per heavy atom. The number of aromatic nitrogens is 1. The van der Waals surface area contributed by atoms with Crippen LogP contribution in [-0.2, 0) is 13.6 Å². The van der Waals surface area contributed by atoms with E-state index in [2.05, 4.69) is 50.4 Å². The first kappa shape index (κ1) is 16.6. The molecule has 0 aliphatic rings. The van der Waals surface area contributed by atoms with Gasteiger partial charge in [-0.15, -0.1) is 5.10 Å². The van der Waals surface area contributed by atoms with E-state index in [1.165, 1.54) is 5.56 Å². The van der Waals surface area contributed by atoms with E-state index < -0.39 is 0 Å². The standard InChI is InChI=1S/C19H22N6/c1-13(23-24-19(20)21)17-12-25(2)18-9-8-15(10-16(17)18)22-11-14-6-4-3-5-7-14/h3-10,12,22H,11H2,1-2H3,(H4,20,21,24)/b23-13+. The second-order valence-electron chi connectivity index (χ2n) is 5.94. The molecule has 1 heterocycles. The summed E-state index contributed by atoms with van der Waals surface area (Å²) >= 11 is 0. The van der Waals surface area contributed by atoms with Gasteiger partial charge in [0.2, 0.25) is 5.96 Å². The molecule has 0 unspecified atom stereocenters. The first-order chi connectivity index (χ1) is 12.0. The molecular formula is C19H22N6. The third-order valence-electron chi connectivity index (χ3n) is 4.03. The molecule has 0 atom stereocenters. The van der Waals surface area contributed by atoms with Crippen molar-refractivity contribution in [2.24, 2.45) is 28.7 Å². The fraction of sp³-hybridized carbons (Fsp3) is 0.158. The largest absolute Gasteiger partial charge is 0.381 e. The van der Waals surface area contributed by atoms with Crippen molar-refractivity contribution in [2.75, 3.05) is 5.32 Å². The molecule has 6 nitrogen and oxygen atoms in total. The van der Waals surface area contributed by atoms with Crippen LogP contribution in [0.2, 0.25) is 0 Å². The molecule has 0 radical (unpaired) electrons. The van der Waals surface area contributed by atoms with E-state index in [0.717, 1.165) is 34.4 Å². The van der Waals surface area contributed by atoms with Gasteiger partial charge in [0.1, 0.15) is 0 Å². The van der Waals surface area contributed by atoms with Crippen LogP contribution >= 0.6 is 0 Å². The van der Waals surface area contributed by atoms with Crippen molar-refractivity contribution in [1.29, 1.82) is 0 Å². The van der Waals surface area contributed by atoms with Crippen LogP contribution in [-0.4, -0.2) is 16.2 Å². The molecule has 0 spiro atoms. The van der Waals surface area contributed by atoms with Gasteiger partial charge in [-0.05, 0) is 30.7 Å². The summed E-state index contributed by atoms with van der Waals surface area (Å²) in [6, 6.07) is 16.6. The lowest BCUT2D eigenvalue weighted by Gasteiger charge is -2.07. The molecule has 128 valence electrons. The maximum absolute atomic E-state index is 5.36. The van der Waals surface area contributed by atoms with Crippen molar-refractivity contribution in [3.05, 3.63) is 65.9 Å². The summed E-state index contributed by atoms with van der Waals surface area (Å²) in [7, 11) is 2.01. The van der Waals surface area contributed by atoms with Gasteiger partial charge in [0, 0.05) is 41.9 Å². The molecule has 5 N–H and O–H groups in total. The number of anilines is 1. The van der Waals surface area contributed by atoms with Gasteiger partial charge in [0.15, 0.2) is 0 Å². The average Bonchev–Trinajstić information content (AvgIpc) is 2.95. The topological polar surface area (TPSA) is 93.7 Å². The van der Waals surface area contributed by atoms with Crippen molar-refractivity contribution < 1.29 is 0 Å². The second kappa shape index (κ2) is 7.09. The molecule has 1 aromatic heterocycles. The number of nitrogens with two attached hydrogens (primary N) is 2. The first-order valence-electron chi connectivity index (χ1n) is 8.05. The quantitative estimate of drug-likeness (QED) is 0.380. The summed E-state index contributed by atoms with van der Waals surface area (Å²) < 4.78 is 2.07. The summed E-state index contributed by atoms with van der Waals surface area (Å²) in [5, 5.41) is 12.4. The van der Waals surface area contributed by atoms with Crippen LogP contribution in [0.3, 0.4) is 0 Å². The Morgan fingerprint density at radius 2 is 1.84 bits per heavy atom. The van der Waals surface area contributed by atoms with Gasteiger partial charge in [0.05, 0.1) is 5.71 Å². The number of fused-ring (bicyclic) bond motifs is 1. The first-order valence-corrected chi connectivity index (χ1v) is 8.05. The number of hydrogen-bond donors (Lipinski definition) is 3. The van der Waals surface area contributed by atoms with Crippen LogP contribution in [0.1, 0.15) is 18.1 Å². The highest BCUT2D eigenvalue weighted by molar-refractivity contribution is 6.10. The maximum Gasteiger partial charge on any atom is 0.211 e. The lowest BCUT2D eigenvalue weighted by atomic mass is 10.1. The van der Waals surface area contributed by atoms with Crippen LogP contribution in [0, 0.1) is 0 Å². The molecule has 0 bridgehead atoms. The van der Waals surface area contributed by atoms with Gasteiger partial charge in [-0.3, -0.25) is 0 Å². The third kappa shape index (κ3) is 3.80. The van der Waals surface area contributed by atoms with Crippen LogP contribution in [0.4, 0.5) is 5.69 Å². The van der Waals surface area contributed by atoms with Gasteiger partial charge >= 0.3 is 0 Å². The molecule has 2 aromatic carbocycles. The molecule has 0 amide bonds. The average molecular weight is 334 g/mol. The smallest absolute Gasteiger partial charge is 0.211 e. The number of nitrogens with one attached hydrogen (secondary N) is 1. The summed E-state index contributed by atoms with van der Waals surface area (Å²) in [5.41, 5.74) is 15.9. The van der Waals surface area contributed by atoms with Crippen LogP contribution in [0.25, 0.3) is 10.9 Å². The highest BCUT2D eigenvalue weighted by atomic mass is 15.3. The van der Waals surface area contributed by atoms with Crippen molar-refractivity contribution >= 4 is 28.3 Å². The molecule has 0 saturated heterocycles. The number of benzene rings is 2. The summed E-state index contributed by atoms with van der Waals surface area (Å²) in [6.07, 6.45) is 2.03. The van der Waals surface area contributed by atoms with Gasteiger partial charge in [-0.2, -0.15) is 5.10 Å². The zero-order valence-corrected chi connectivity index (χ0v) is 14.4. The van der Waals surface area contributed by atoms with Gasteiger partial charge in [-0.25, -0.2) is 0 Å². The van der Waals surface area contributed by atoms with Crippen molar-refractivity contribution in [3.63, 3.8) is 0 Å². The summed E-state index contributed by atoms with van der Waals surface area (Å²) in [5.74, 6) is -0.0511. The van der Waals surface area contributed by atoms with Gasteiger partial charge in [0.25, 0.3) is 0 Å². The van der Waals surface area contributed by atoms with E-state index in [9.17, 15) is 0 Å². The fourth-order valence-electron chi connectivity index (χ4n) is 2.78. The van der Waals surface area contributed by atoms with E-state index in [-0.39, 0.29) is 5.96 Å². The van der Waals surface area contributed by atoms with Crippen LogP contribution < -0.4 is 16.8 Å². The van der Waals surface area contributed by atoms with Crippen LogP contribution in [0.5, 0.6) is 0 Å². The Kier molecular flexibility index (Phi) is 4.70. The van der Waals surface area contributed by atoms with Gasteiger partial charge < -0.3 is 21.4 Å². The highest BCUT2D eigenvalue weighted by Gasteiger charge is 2.10. The predicted octanol–water partition coefficient (Wildman–Crippen LogP) is 2.79. The normalized spacial score (nSPS) is 11.5. The Labute approximate surface area is 146 Å². The Balaban J connectivity index is 1.92. The minimum Gasteiger partial charge on any atom is -0.381 e. The molecule has 0 saturated carbocycles. The zero-order valence-electron chi connectivity index (χ0n) is 14.4. The Hall–Kier alpha value is -3.28. The predicted molar refractivity (Wildman–Crippen MR) is 105 cm³/mol. The minimum atomic E-state index is -0.0511. The highest BCUT2D eigenvalue weighted by Crippen LogP contribution is 2.25. The molecule has 25 heavy (non-hydrogen) atoms. The van der Waals surface area contributed by atoms with E-state index in [0.29, 0.717) is 0 Å². The second-order valence-corrected chi connectivity index (χ2v) is 5.94. The lowest BCUT2D eigenvalue weighted by molar-refractivity contribution is 0.967. The monoisotopic (exact) mass is 334 g/mol. The maximum atomic E-state index is 5.36. The number of rotatable bonds is 5. The number of nitrogens with zero attached hydrogens (tertiary/aromatic N) is 3. The van der Waals surface area contributed by atoms with Crippen molar-refractivity contribution in [3.8, 4) is 0 Å². The fourth-order valence-corrected chi connectivity index (χ4v) is 2.78. The Morgan fingerprint density at radius 1 is 1.08 bits per heavy atom. The van der Waals surface area contributed by atoms with Crippen molar-refractivity contribution in [1.82, 2.24) is 4.57 Å². The summed E-state index contributed by atoms with van der Waals surface area (Å²) in [4.78, 5) is 0. The summed E-state index contributed by atoms with van der Waals surface area (Å²) in [6.45, 7) is 2.67. The minimum absolute atomic E-state index is 0.0511. The molecule has 6 heteroatoms. The van der Waals surface area contributed by atoms with E-state index in [4.69, 9.17) is 11.5 Å². The molecule has 0 aliphatic carbocycles. The Bertz CT molecular complexity index is 933. The molecular weight excluding hydrogens is 312 g/mol. The van der Waals surface area contributed by atoms with Gasteiger partial charge in [-0.1, -0.05) is 30.3 Å². The third-order valence-corrected chi connectivity index (χ3v) is 4.03. The molecule has 3 rings (SSSR count). The van der Waals surface area contributed by atoms with E-state index >= 15 is 0 Å². The van der Waals surface area contributed by atoms with E-state index in [1.54, 1.807) is 0 Å². The lowest BCUT2D eigenvalue weighted by Crippen LogP contribution is -2.22. The zero-order chi connectivity index (χ0) is 17.8. The van der Waals surface area contributed by atoms with E-state index in [1.807, 2.05) is 38.4 Å². The number of hydrogen-bond acceptors (Lipinski definition) is 3.